The third-order valence-corrected chi connectivity index (χ3v) is 2.54. The molecule has 0 aliphatic rings. The van der Waals surface area contributed by atoms with E-state index in [4.69, 9.17) is 9.15 Å². The molecule has 0 aliphatic heterocycles. The Labute approximate surface area is 98.1 Å². The quantitative estimate of drug-likeness (QED) is 0.863. The first kappa shape index (κ1) is 11.3. The molecule has 0 amide bonds. The first-order chi connectivity index (χ1) is 8.11. The first-order valence-corrected chi connectivity index (χ1v) is 5.10. The van der Waals surface area contributed by atoms with Crippen LogP contribution in [0.25, 0.3) is 11.3 Å². The average Bonchev–Trinajstić information content (AvgIpc) is 2.35. The molecule has 0 unspecified atom stereocenters. The highest BCUT2D eigenvalue weighted by Crippen LogP contribution is 2.25. The molecule has 4 nitrogen and oxygen atoms in total. The van der Waals surface area contributed by atoms with Crippen LogP contribution < -0.4 is 10.4 Å². The molecule has 0 bridgehead atoms. The Bertz CT molecular complexity index is 581. The fourth-order valence-electron chi connectivity index (χ4n) is 1.44. The molecular weight excluding hydrogens is 220 g/mol. The molecule has 0 saturated carbocycles. The van der Waals surface area contributed by atoms with Crippen LogP contribution in [-0.2, 0) is 0 Å². The number of rotatable bonds is 2. The van der Waals surface area contributed by atoms with Gasteiger partial charge in [0.1, 0.15) is 17.3 Å². The Hall–Kier alpha value is -2.23. The van der Waals surface area contributed by atoms with Gasteiger partial charge in [-0.05, 0) is 31.2 Å². The molecular formula is C13H12O4. The van der Waals surface area contributed by atoms with Crippen LogP contribution in [-0.4, -0.2) is 12.2 Å². The Morgan fingerprint density at radius 3 is 2.41 bits per heavy atom. The van der Waals surface area contributed by atoms with Crippen LogP contribution in [0.15, 0.2) is 39.5 Å². The smallest absolute Gasteiger partial charge is 0.342 e. The lowest BCUT2D eigenvalue weighted by Crippen LogP contribution is -2.03. The third-order valence-electron chi connectivity index (χ3n) is 2.54. The van der Waals surface area contributed by atoms with Gasteiger partial charge in [-0.2, -0.15) is 0 Å². The summed E-state index contributed by atoms with van der Waals surface area (Å²) in [6, 6.07) is 8.45. The van der Waals surface area contributed by atoms with Crippen molar-refractivity contribution in [1.82, 2.24) is 0 Å². The minimum Gasteiger partial charge on any atom is -0.507 e. The molecule has 0 atom stereocenters. The topological polar surface area (TPSA) is 59.7 Å². The molecule has 1 aromatic carbocycles. The Balaban J connectivity index is 2.49. The van der Waals surface area contributed by atoms with E-state index in [1.165, 1.54) is 13.0 Å². The minimum absolute atomic E-state index is 0.0629. The van der Waals surface area contributed by atoms with Gasteiger partial charge in [-0.25, -0.2) is 4.79 Å². The monoisotopic (exact) mass is 232 g/mol. The van der Waals surface area contributed by atoms with Crippen molar-refractivity contribution in [2.45, 2.75) is 6.92 Å². The molecule has 88 valence electrons. The molecule has 1 N–H and O–H groups in total. The fourth-order valence-corrected chi connectivity index (χ4v) is 1.44. The number of hydrogen-bond acceptors (Lipinski definition) is 4. The molecule has 4 heteroatoms. The maximum atomic E-state index is 11.4. The zero-order valence-corrected chi connectivity index (χ0v) is 9.56. The van der Waals surface area contributed by atoms with Crippen molar-refractivity contribution in [1.29, 1.82) is 0 Å². The zero-order chi connectivity index (χ0) is 12.4. The van der Waals surface area contributed by atoms with Gasteiger partial charge in [-0.1, -0.05) is 0 Å². The van der Waals surface area contributed by atoms with Crippen molar-refractivity contribution in [2.24, 2.45) is 0 Å². The Morgan fingerprint density at radius 1 is 1.24 bits per heavy atom. The predicted octanol–water partition coefficient (Wildman–Crippen LogP) is 2.33. The normalized spacial score (nSPS) is 10.2. The Morgan fingerprint density at radius 2 is 1.88 bits per heavy atom. The molecule has 2 rings (SSSR count). The van der Waals surface area contributed by atoms with E-state index in [2.05, 4.69) is 0 Å². The van der Waals surface area contributed by atoms with Gasteiger partial charge in [0.25, 0.3) is 0 Å². The molecule has 0 fully saturated rings. The molecule has 0 spiro atoms. The third kappa shape index (κ3) is 2.15. The fraction of sp³-hybridized carbons (Fsp3) is 0.154. The second kappa shape index (κ2) is 4.33. The zero-order valence-electron chi connectivity index (χ0n) is 9.56. The maximum absolute atomic E-state index is 11.4. The average molecular weight is 232 g/mol. The van der Waals surface area contributed by atoms with E-state index in [0.29, 0.717) is 17.1 Å². The van der Waals surface area contributed by atoms with Crippen LogP contribution in [0.1, 0.15) is 5.56 Å². The predicted molar refractivity (Wildman–Crippen MR) is 63.4 cm³/mol. The summed E-state index contributed by atoms with van der Waals surface area (Å²) < 4.78 is 10.1. The summed E-state index contributed by atoms with van der Waals surface area (Å²) in [6.07, 6.45) is 0. The van der Waals surface area contributed by atoms with Crippen LogP contribution in [0.3, 0.4) is 0 Å². The number of benzene rings is 1. The number of methoxy groups -OCH3 is 1. The van der Waals surface area contributed by atoms with Gasteiger partial charge >= 0.3 is 5.63 Å². The second-order valence-electron chi connectivity index (χ2n) is 3.64. The molecule has 17 heavy (non-hydrogen) atoms. The summed E-state index contributed by atoms with van der Waals surface area (Å²) in [4.78, 5) is 11.4. The molecule has 1 heterocycles. The van der Waals surface area contributed by atoms with Crippen molar-refractivity contribution in [2.75, 3.05) is 7.11 Å². The number of aromatic hydroxyl groups is 1. The summed E-state index contributed by atoms with van der Waals surface area (Å²) in [6.45, 7) is 1.51. The number of ether oxygens (including phenoxy) is 1. The van der Waals surface area contributed by atoms with Crippen LogP contribution in [0, 0.1) is 6.92 Å². The highest BCUT2D eigenvalue weighted by Gasteiger charge is 2.08. The van der Waals surface area contributed by atoms with Gasteiger partial charge in [0.15, 0.2) is 0 Å². The van der Waals surface area contributed by atoms with Gasteiger partial charge in [0, 0.05) is 11.6 Å². The van der Waals surface area contributed by atoms with Gasteiger partial charge in [0.05, 0.1) is 12.7 Å². The van der Waals surface area contributed by atoms with Crippen molar-refractivity contribution in [3.8, 4) is 22.8 Å². The van der Waals surface area contributed by atoms with Crippen molar-refractivity contribution in [3.63, 3.8) is 0 Å². The maximum Gasteiger partial charge on any atom is 0.342 e. The molecule has 1 aromatic heterocycles. The molecule has 2 aromatic rings. The SMILES string of the molecule is COc1ccc(-c2cc(O)c(C)c(=O)o2)cc1. The van der Waals surface area contributed by atoms with Gasteiger partial charge < -0.3 is 14.3 Å². The van der Waals surface area contributed by atoms with E-state index in [-0.39, 0.29) is 11.3 Å². The summed E-state index contributed by atoms with van der Waals surface area (Å²) in [5.41, 5.74) is 0.385. The largest absolute Gasteiger partial charge is 0.507 e. The van der Waals surface area contributed by atoms with Crippen LogP contribution in [0.5, 0.6) is 11.5 Å². The van der Waals surface area contributed by atoms with Gasteiger partial charge in [-0.3, -0.25) is 0 Å². The lowest BCUT2D eigenvalue weighted by Gasteiger charge is -2.04. The Kier molecular flexibility index (Phi) is 2.87. The van der Waals surface area contributed by atoms with Gasteiger partial charge in [0.2, 0.25) is 0 Å². The lowest BCUT2D eigenvalue weighted by atomic mass is 10.1. The van der Waals surface area contributed by atoms with E-state index >= 15 is 0 Å². The second-order valence-corrected chi connectivity index (χ2v) is 3.64. The lowest BCUT2D eigenvalue weighted by molar-refractivity contribution is 0.414. The van der Waals surface area contributed by atoms with Crippen LogP contribution in [0.2, 0.25) is 0 Å². The number of hydrogen-bond donors (Lipinski definition) is 1. The van der Waals surface area contributed by atoms with Crippen LogP contribution in [0.4, 0.5) is 0 Å². The van der Waals surface area contributed by atoms with E-state index in [1.807, 2.05) is 0 Å². The molecule has 0 saturated heterocycles. The highest BCUT2D eigenvalue weighted by molar-refractivity contribution is 5.60. The van der Waals surface area contributed by atoms with Crippen molar-refractivity contribution in [3.05, 3.63) is 46.3 Å². The van der Waals surface area contributed by atoms with E-state index in [1.54, 1.807) is 31.4 Å². The van der Waals surface area contributed by atoms with E-state index in [0.717, 1.165) is 0 Å². The minimum atomic E-state index is -0.532. The van der Waals surface area contributed by atoms with Gasteiger partial charge in [-0.15, -0.1) is 0 Å². The first-order valence-electron chi connectivity index (χ1n) is 5.10. The molecule has 0 radical (unpaired) electrons. The van der Waals surface area contributed by atoms with Crippen LogP contribution >= 0.6 is 0 Å². The summed E-state index contributed by atoms with van der Waals surface area (Å²) >= 11 is 0. The highest BCUT2D eigenvalue weighted by atomic mass is 16.5. The summed E-state index contributed by atoms with van der Waals surface area (Å²) in [5, 5.41) is 9.56. The van der Waals surface area contributed by atoms with Crippen molar-refractivity contribution >= 4 is 0 Å². The molecule has 0 aliphatic carbocycles. The van der Waals surface area contributed by atoms with Crippen molar-refractivity contribution < 1.29 is 14.3 Å². The van der Waals surface area contributed by atoms with E-state index < -0.39 is 5.63 Å². The standard InChI is InChI=1S/C13H12O4/c1-8-11(14)7-12(17-13(8)15)9-3-5-10(16-2)6-4-9/h3-7,14H,1-2H3. The summed E-state index contributed by atoms with van der Waals surface area (Å²) in [5.74, 6) is 0.986. The van der Waals surface area contributed by atoms with E-state index in [9.17, 15) is 9.90 Å². The summed E-state index contributed by atoms with van der Waals surface area (Å²) in [7, 11) is 1.58.